The Balaban J connectivity index is 2.12. The van der Waals surface area contributed by atoms with E-state index in [9.17, 15) is 5.11 Å². The Labute approximate surface area is 88.0 Å². The third-order valence-corrected chi connectivity index (χ3v) is 3.08. The summed E-state index contributed by atoms with van der Waals surface area (Å²) in [6, 6.07) is 0. The lowest BCUT2D eigenvalue weighted by Gasteiger charge is -2.17. The maximum Gasteiger partial charge on any atom is 0.206 e. The van der Waals surface area contributed by atoms with Crippen LogP contribution < -0.4 is 5.32 Å². The maximum absolute atomic E-state index is 9.89. The van der Waals surface area contributed by atoms with Crippen LogP contribution in [0.15, 0.2) is 9.41 Å². The Morgan fingerprint density at radius 2 is 2.20 bits per heavy atom. The molecule has 1 aromatic rings. The van der Waals surface area contributed by atoms with Crippen molar-refractivity contribution in [2.45, 2.75) is 38.8 Å². The molecule has 0 spiro atoms. The van der Waals surface area contributed by atoms with Crippen LogP contribution in [0.25, 0.3) is 0 Å². The molecule has 15 heavy (non-hydrogen) atoms. The SMILES string of the molecule is CC1=NC(O)c2c(oc3c2CCCC3)N1. The van der Waals surface area contributed by atoms with Crippen LogP contribution in [0.1, 0.15) is 42.9 Å². The van der Waals surface area contributed by atoms with Gasteiger partial charge in [-0.05, 0) is 26.2 Å². The number of hydrogen-bond acceptors (Lipinski definition) is 4. The van der Waals surface area contributed by atoms with E-state index in [0.717, 1.165) is 24.2 Å². The molecule has 1 unspecified atom stereocenters. The molecular formula is C11H14N2O2. The molecule has 2 heterocycles. The molecule has 80 valence electrons. The minimum absolute atomic E-state index is 0.696. The largest absolute Gasteiger partial charge is 0.445 e. The molecule has 1 aromatic heterocycles. The molecule has 1 aliphatic carbocycles. The number of anilines is 1. The van der Waals surface area contributed by atoms with Gasteiger partial charge in [0.05, 0.1) is 5.56 Å². The van der Waals surface area contributed by atoms with Crippen molar-refractivity contribution in [2.24, 2.45) is 4.99 Å². The molecule has 0 bridgehead atoms. The number of rotatable bonds is 0. The van der Waals surface area contributed by atoms with E-state index in [2.05, 4.69) is 10.3 Å². The van der Waals surface area contributed by atoms with Crippen molar-refractivity contribution in [3.8, 4) is 0 Å². The second-order valence-electron chi connectivity index (χ2n) is 4.17. The summed E-state index contributed by atoms with van der Waals surface area (Å²) in [6.07, 6.45) is 3.59. The predicted octanol–water partition coefficient (Wildman–Crippen LogP) is 1.99. The highest BCUT2D eigenvalue weighted by Gasteiger charge is 2.29. The van der Waals surface area contributed by atoms with Crippen molar-refractivity contribution in [1.29, 1.82) is 0 Å². The summed E-state index contributed by atoms with van der Waals surface area (Å²) < 4.78 is 5.72. The highest BCUT2D eigenvalue weighted by Crippen LogP contribution is 2.39. The molecule has 0 aromatic carbocycles. The topological polar surface area (TPSA) is 57.8 Å². The fraction of sp³-hybridized carbons (Fsp3) is 0.545. The van der Waals surface area contributed by atoms with Crippen molar-refractivity contribution < 1.29 is 9.52 Å². The minimum atomic E-state index is -0.744. The highest BCUT2D eigenvalue weighted by molar-refractivity contribution is 5.95. The Morgan fingerprint density at radius 1 is 1.40 bits per heavy atom. The lowest BCUT2D eigenvalue weighted by Crippen LogP contribution is -2.17. The zero-order valence-corrected chi connectivity index (χ0v) is 8.71. The summed E-state index contributed by atoms with van der Waals surface area (Å²) in [4.78, 5) is 4.11. The van der Waals surface area contributed by atoms with Crippen molar-refractivity contribution >= 4 is 11.7 Å². The first-order valence-corrected chi connectivity index (χ1v) is 5.39. The molecule has 4 nitrogen and oxygen atoms in total. The average molecular weight is 206 g/mol. The summed E-state index contributed by atoms with van der Waals surface area (Å²) in [7, 11) is 0. The monoisotopic (exact) mass is 206 g/mol. The van der Waals surface area contributed by atoms with E-state index in [1.165, 1.54) is 18.4 Å². The third kappa shape index (κ3) is 1.28. The zero-order valence-electron chi connectivity index (χ0n) is 8.71. The first-order chi connectivity index (χ1) is 7.25. The number of fused-ring (bicyclic) bond motifs is 3. The first kappa shape index (κ1) is 8.97. The van der Waals surface area contributed by atoms with E-state index in [1.54, 1.807) is 0 Å². The molecule has 2 N–H and O–H groups in total. The van der Waals surface area contributed by atoms with Gasteiger partial charge in [-0.3, -0.25) is 0 Å². The molecule has 2 aliphatic rings. The van der Waals surface area contributed by atoms with Gasteiger partial charge in [0.25, 0.3) is 0 Å². The maximum atomic E-state index is 9.89. The third-order valence-electron chi connectivity index (χ3n) is 3.08. The van der Waals surface area contributed by atoms with E-state index < -0.39 is 6.23 Å². The summed E-state index contributed by atoms with van der Waals surface area (Å²) >= 11 is 0. The Morgan fingerprint density at radius 3 is 3.07 bits per heavy atom. The Bertz CT molecular complexity index is 434. The van der Waals surface area contributed by atoms with Gasteiger partial charge in [-0.25, -0.2) is 4.99 Å². The quantitative estimate of drug-likeness (QED) is 0.682. The molecule has 0 fully saturated rings. The average Bonchev–Trinajstić information content (AvgIpc) is 2.54. The standard InChI is InChI=1S/C11H14N2O2/c1-6-12-10(14)9-7-4-2-3-5-8(7)15-11(9)13-6/h10,14H,2-5H2,1H3,(H,12,13). The number of aryl methyl sites for hydroxylation is 1. The van der Waals surface area contributed by atoms with Crippen LogP contribution in [-0.4, -0.2) is 10.9 Å². The van der Waals surface area contributed by atoms with E-state index in [4.69, 9.17) is 4.42 Å². The van der Waals surface area contributed by atoms with Crippen LogP contribution in [-0.2, 0) is 12.8 Å². The summed E-state index contributed by atoms with van der Waals surface area (Å²) in [5.74, 6) is 2.44. The summed E-state index contributed by atoms with van der Waals surface area (Å²) in [6.45, 7) is 1.83. The Hall–Kier alpha value is -1.29. The number of furan rings is 1. The fourth-order valence-electron chi connectivity index (χ4n) is 2.40. The fourth-order valence-corrected chi connectivity index (χ4v) is 2.40. The number of amidine groups is 1. The smallest absolute Gasteiger partial charge is 0.206 e. The van der Waals surface area contributed by atoms with E-state index in [0.29, 0.717) is 11.7 Å². The van der Waals surface area contributed by atoms with Crippen LogP contribution in [0.5, 0.6) is 0 Å². The van der Waals surface area contributed by atoms with Crippen molar-refractivity contribution in [2.75, 3.05) is 5.32 Å². The number of nitrogens with zero attached hydrogens (tertiary/aromatic N) is 1. The van der Waals surface area contributed by atoms with Gasteiger partial charge in [0.2, 0.25) is 5.88 Å². The first-order valence-electron chi connectivity index (χ1n) is 5.39. The van der Waals surface area contributed by atoms with E-state index in [-0.39, 0.29) is 0 Å². The van der Waals surface area contributed by atoms with Crippen LogP contribution >= 0.6 is 0 Å². The normalized spacial score (nSPS) is 23.9. The van der Waals surface area contributed by atoms with Gasteiger partial charge >= 0.3 is 0 Å². The number of aliphatic imine (C=N–C) groups is 1. The van der Waals surface area contributed by atoms with E-state index in [1.807, 2.05) is 6.92 Å². The lowest BCUT2D eigenvalue weighted by atomic mass is 9.94. The van der Waals surface area contributed by atoms with Gasteiger partial charge in [-0.15, -0.1) is 0 Å². The molecular weight excluding hydrogens is 192 g/mol. The molecule has 4 heteroatoms. The lowest BCUT2D eigenvalue weighted by molar-refractivity contribution is 0.186. The van der Waals surface area contributed by atoms with Gasteiger partial charge in [-0.2, -0.15) is 0 Å². The number of nitrogens with one attached hydrogen (secondary N) is 1. The van der Waals surface area contributed by atoms with Crippen LogP contribution in [0.2, 0.25) is 0 Å². The van der Waals surface area contributed by atoms with Gasteiger partial charge < -0.3 is 14.8 Å². The zero-order chi connectivity index (χ0) is 10.4. The minimum Gasteiger partial charge on any atom is -0.445 e. The van der Waals surface area contributed by atoms with Crippen molar-refractivity contribution in [3.05, 3.63) is 16.9 Å². The van der Waals surface area contributed by atoms with Gasteiger partial charge in [0, 0.05) is 12.0 Å². The second-order valence-corrected chi connectivity index (χ2v) is 4.17. The number of hydrogen-bond donors (Lipinski definition) is 2. The van der Waals surface area contributed by atoms with Gasteiger partial charge in [-0.1, -0.05) is 0 Å². The van der Waals surface area contributed by atoms with Crippen molar-refractivity contribution in [1.82, 2.24) is 0 Å². The molecule has 3 rings (SSSR count). The van der Waals surface area contributed by atoms with Crippen LogP contribution in [0, 0.1) is 0 Å². The van der Waals surface area contributed by atoms with Gasteiger partial charge in [0.1, 0.15) is 11.6 Å². The molecule has 0 saturated heterocycles. The number of aliphatic hydroxyl groups is 1. The van der Waals surface area contributed by atoms with Crippen molar-refractivity contribution in [3.63, 3.8) is 0 Å². The molecule has 0 saturated carbocycles. The summed E-state index contributed by atoms with van der Waals surface area (Å²) in [5.41, 5.74) is 2.03. The molecule has 0 amide bonds. The van der Waals surface area contributed by atoms with E-state index >= 15 is 0 Å². The van der Waals surface area contributed by atoms with Crippen LogP contribution in [0.3, 0.4) is 0 Å². The Kier molecular flexibility index (Phi) is 1.85. The second kappa shape index (κ2) is 3.10. The molecule has 0 radical (unpaired) electrons. The molecule has 1 atom stereocenters. The predicted molar refractivity (Wildman–Crippen MR) is 57.0 cm³/mol. The van der Waals surface area contributed by atoms with Gasteiger partial charge in [0.15, 0.2) is 6.23 Å². The molecule has 1 aliphatic heterocycles. The highest BCUT2D eigenvalue weighted by atomic mass is 16.4. The van der Waals surface area contributed by atoms with Crippen LogP contribution in [0.4, 0.5) is 5.88 Å². The number of aliphatic hydroxyl groups excluding tert-OH is 1. The summed E-state index contributed by atoms with van der Waals surface area (Å²) in [5, 5.41) is 13.0.